The van der Waals surface area contributed by atoms with Gasteiger partial charge in [0.15, 0.2) is 0 Å². The molecule has 2 heterocycles. The molecule has 1 aliphatic heterocycles. The normalized spacial score (nSPS) is 20.3. The molecule has 1 aromatic rings. The summed E-state index contributed by atoms with van der Waals surface area (Å²) in [6, 6.07) is 0.377. The number of carbonyl (C=O) groups is 1. The quantitative estimate of drug-likeness (QED) is 0.799. The van der Waals surface area contributed by atoms with E-state index >= 15 is 0 Å². The van der Waals surface area contributed by atoms with Gasteiger partial charge in [-0.1, -0.05) is 0 Å². The third kappa shape index (κ3) is 4.28. The number of likely N-dealkylation sites (tertiary alicyclic amines) is 1. The summed E-state index contributed by atoms with van der Waals surface area (Å²) in [4.78, 5) is 18.7. The molecule has 2 rings (SSSR count). The molecule has 0 radical (unpaired) electrons. The van der Waals surface area contributed by atoms with Crippen molar-refractivity contribution in [2.75, 3.05) is 13.1 Å². The average Bonchev–Trinajstić information content (AvgIpc) is 2.92. The first-order chi connectivity index (χ1) is 9.35. The van der Waals surface area contributed by atoms with Crippen LogP contribution < -0.4 is 0 Å². The molecule has 20 heavy (non-hydrogen) atoms. The number of esters is 1. The molecule has 0 N–H and O–H groups in total. The van der Waals surface area contributed by atoms with Crippen LogP contribution in [0.15, 0.2) is 5.38 Å². The van der Waals surface area contributed by atoms with E-state index < -0.39 is 5.60 Å². The van der Waals surface area contributed by atoms with Crippen LogP contribution in [-0.2, 0) is 9.53 Å². The smallest absolute Gasteiger partial charge is 0.307 e. The van der Waals surface area contributed by atoms with E-state index in [-0.39, 0.29) is 5.97 Å². The molecule has 5 heteroatoms. The van der Waals surface area contributed by atoms with Gasteiger partial charge >= 0.3 is 5.97 Å². The fourth-order valence-electron chi connectivity index (χ4n) is 2.59. The third-order valence-corrected chi connectivity index (χ3v) is 4.16. The van der Waals surface area contributed by atoms with E-state index in [2.05, 4.69) is 15.3 Å². The standard InChI is InChI=1S/C15H24N2O2S/c1-11-16-12(10-20-11)13-6-5-8-17(13)9-7-14(18)19-15(2,3)4/h10,13H,5-9H2,1-4H3/t13-/m1/s1. The van der Waals surface area contributed by atoms with Gasteiger partial charge in [-0.25, -0.2) is 4.98 Å². The summed E-state index contributed by atoms with van der Waals surface area (Å²) in [6.45, 7) is 9.55. The van der Waals surface area contributed by atoms with Crippen LogP contribution in [0, 0.1) is 6.92 Å². The van der Waals surface area contributed by atoms with Gasteiger partial charge in [0, 0.05) is 11.9 Å². The molecule has 1 aliphatic rings. The Hall–Kier alpha value is -0.940. The van der Waals surface area contributed by atoms with Crippen molar-refractivity contribution < 1.29 is 9.53 Å². The zero-order chi connectivity index (χ0) is 14.8. The summed E-state index contributed by atoms with van der Waals surface area (Å²) in [5.74, 6) is -0.113. The number of ether oxygens (including phenoxy) is 1. The number of carbonyl (C=O) groups excluding carboxylic acids is 1. The maximum atomic E-state index is 11.8. The Morgan fingerprint density at radius 3 is 2.90 bits per heavy atom. The van der Waals surface area contributed by atoms with Crippen molar-refractivity contribution in [3.05, 3.63) is 16.1 Å². The van der Waals surface area contributed by atoms with Crippen LogP contribution in [-0.4, -0.2) is 34.5 Å². The lowest BCUT2D eigenvalue weighted by molar-refractivity contribution is -0.155. The lowest BCUT2D eigenvalue weighted by atomic mass is 10.1. The molecule has 0 aromatic carbocycles. The Bertz CT molecular complexity index is 465. The molecule has 1 fully saturated rings. The molecule has 0 spiro atoms. The molecule has 0 aliphatic carbocycles. The Morgan fingerprint density at radius 2 is 2.30 bits per heavy atom. The highest BCUT2D eigenvalue weighted by molar-refractivity contribution is 7.09. The average molecular weight is 296 g/mol. The number of aromatic nitrogens is 1. The molecule has 0 saturated carbocycles. The van der Waals surface area contributed by atoms with Gasteiger partial charge in [-0.2, -0.15) is 0 Å². The van der Waals surface area contributed by atoms with Crippen LogP contribution in [0.2, 0.25) is 0 Å². The predicted molar refractivity (Wildman–Crippen MR) is 80.9 cm³/mol. The molecule has 0 amide bonds. The molecular weight excluding hydrogens is 272 g/mol. The number of nitrogens with zero attached hydrogens (tertiary/aromatic N) is 2. The maximum absolute atomic E-state index is 11.8. The number of aryl methyl sites for hydroxylation is 1. The van der Waals surface area contributed by atoms with Crippen molar-refractivity contribution in [1.82, 2.24) is 9.88 Å². The molecule has 1 saturated heterocycles. The van der Waals surface area contributed by atoms with Crippen molar-refractivity contribution in [2.24, 2.45) is 0 Å². The van der Waals surface area contributed by atoms with E-state index in [0.717, 1.165) is 30.2 Å². The SMILES string of the molecule is Cc1nc([C@H]2CCCN2CCC(=O)OC(C)(C)C)cs1. The monoisotopic (exact) mass is 296 g/mol. The van der Waals surface area contributed by atoms with Crippen LogP contribution in [0.1, 0.15) is 56.8 Å². The van der Waals surface area contributed by atoms with Crippen molar-refractivity contribution in [1.29, 1.82) is 0 Å². The van der Waals surface area contributed by atoms with E-state index in [9.17, 15) is 4.79 Å². The largest absolute Gasteiger partial charge is 0.460 e. The van der Waals surface area contributed by atoms with Crippen molar-refractivity contribution in [3.63, 3.8) is 0 Å². The fourth-order valence-corrected chi connectivity index (χ4v) is 3.25. The van der Waals surface area contributed by atoms with Gasteiger partial charge in [0.2, 0.25) is 0 Å². The molecular formula is C15H24N2O2S. The summed E-state index contributed by atoms with van der Waals surface area (Å²) in [5, 5.41) is 3.25. The molecule has 0 bridgehead atoms. The Balaban J connectivity index is 1.87. The van der Waals surface area contributed by atoms with Gasteiger partial charge in [0.05, 0.1) is 23.2 Å². The lowest BCUT2D eigenvalue weighted by Gasteiger charge is -2.24. The molecule has 112 valence electrons. The second kappa shape index (κ2) is 6.22. The van der Waals surface area contributed by atoms with E-state index in [1.807, 2.05) is 27.7 Å². The first-order valence-electron chi connectivity index (χ1n) is 7.23. The van der Waals surface area contributed by atoms with E-state index in [4.69, 9.17) is 4.74 Å². The molecule has 1 aromatic heterocycles. The number of rotatable bonds is 4. The van der Waals surface area contributed by atoms with Gasteiger partial charge < -0.3 is 4.74 Å². The molecule has 0 unspecified atom stereocenters. The molecule has 1 atom stereocenters. The van der Waals surface area contributed by atoms with E-state index in [0.29, 0.717) is 12.5 Å². The van der Waals surface area contributed by atoms with Gasteiger partial charge in [0.1, 0.15) is 5.60 Å². The van der Waals surface area contributed by atoms with Crippen LogP contribution in [0.5, 0.6) is 0 Å². The van der Waals surface area contributed by atoms with E-state index in [1.54, 1.807) is 11.3 Å². The maximum Gasteiger partial charge on any atom is 0.307 e. The zero-order valence-corrected chi connectivity index (χ0v) is 13.6. The van der Waals surface area contributed by atoms with Crippen molar-refractivity contribution >= 4 is 17.3 Å². The van der Waals surface area contributed by atoms with Gasteiger partial charge in [-0.3, -0.25) is 9.69 Å². The lowest BCUT2D eigenvalue weighted by Crippen LogP contribution is -2.29. The van der Waals surface area contributed by atoms with Crippen LogP contribution in [0.4, 0.5) is 0 Å². The first-order valence-corrected chi connectivity index (χ1v) is 8.11. The first kappa shape index (κ1) is 15.4. The zero-order valence-electron chi connectivity index (χ0n) is 12.8. The summed E-state index contributed by atoms with van der Waals surface area (Å²) in [7, 11) is 0. The van der Waals surface area contributed by atoms with Crippen LogP contribution >= 0.6 is 11.3 Å². The fraction of sp³-hybridized carbons (Fsp3) is 0.733. The minimum atomic E-state index is -0.395. The topological polar surface area (TPSA) is 42.4 Å². The Labute approximate surface area is 125 Å². The van der Waals surface area contributed by atoms with Gasteiger partial charge in [-0.15, -0.1) is 11.3 Å². The van der Waals surface area contributed by atoms with Crippen molar-refractivity contribution in [2.45, 2.75) is 58.6 Å². The second-order valence-corrected chi connectivity index (χ2v) is 7.38. The van der Waals surface area contributed by atoms with Gasteiger partial charge in [-0.05, 0) is 47.1 Å². The predicted octanol–water partition coefficient (Wildman–Crippen LogP) is 3.32. The van der Waals surface area contributed by atoms with Gasteiger partial charge in [0.25, 0.3) is 0 Å². The number of thiazole rings is 1. The Morgan fingerprint density at radius 1 is 1.55 bits per heavy atom. The molecule has 4 nitrogen and oxygen atoms in total. The highest BCUT2D eigenvalue weighted by atomic mass is 32.1. The minimum Gasteiger partial charge on any atom is -0.460 e. The highest BCUT2D eigenvalue weighted by Crippen LogP contribution is 2.32. The van der Waals surface area contributed by atoms with Crippen LogP contribution in [0.25, 0.3) is 0 Å². The minimum absolute atomic E-state index is 0.113. The highest BCUT2D eigenvalue weighted by Gasteiger charge is 2.28. The second-order valence-electron chi connectivity index (χ2n) is 6.32. The van der Waals surface area contributed by atoms with Crippen molar-refractivity contribution in [3.8, 4) is 0 Å². The summed E-state index contributed by atoms with van der Waals surface area (Å²) < 4.78 is 5.36. The number of hydrogen-bond donors (Lipinski definition) is 0. The Kier molecular flexibility index (Phi) is 4.81. The number of hydrogen-bond acceptors (Lipinski definition) is 5. The van der Waals surface area contributed by atoms with Crippen LogP contribution in [0.3, 0.4) is 0 Å². The summed E-state index contributed by atoms with van der Waals surface area (Å²) >= 11 is 1.70. The van der Waals surface area contributed by atoms with E-state index in [1.165, 1.54) is 6.42 Å². The summed E-state index contributed by atoms with van der Waals surface area (Å²) in [6.07, 6.45) is 2.77. The summed E-state index contributed by atoms with van der Waals surface area (Å²) in [5.41, 5.74) is 0.766. The third-order valence-electron chi connectivity index (χ3n) is 3.37.